The van der Waals surface area contributed by atoms with Crippen LogP contribution in [0.3, 0.4) is 0 Å². The van der Waals surface area contributed by atoms with Crippen LogP contribution in [0, 0.1) is 6.92 Å². The Labute approximate surface area is 120 Å². The fourth-order valence-electron chi connectivity index (χ4n) is 2.08. The molecule has 108 valence electrons. The summed E-state index contributed by atoms with van der Waals surface area (Å²) >= 11 is 0. The summed E-state index contributed by atoms with van der Waals surface area (Å²) < 4.78 is 7.29. The van der Waals surface area contributed by atoms with E-state index in [0.29, 0.717) is 6.04 Å². The van der Waals surface area contributed by atoms with Gasteiger partial charge >= 0.3 is 0 Å². The molecule has 0 fully saturated rings. The van der Waals surface area contributed by atoms with Crippen molar-refractivity contribution in [2.45, 2.75) is 39.9 Å². The minimum atomic E-state index is 0.483. The SMILES string of the molecule is COc1cccc(Cn2ncc(CNC(C)C)c2C)c1. The van der Waals surface area contributed by atoms with Crippen molar-refractivity contribution in [2.75, 3.05) is 7.11 Å². The second-order valence-corrected chi connectivity index (χ2v) is 5.30. The molecule has 0 amide bonds. The Morgan fingerprint density at radius 1 is 1.35 bits per heavy atom. The Balaban J connectivity index is 2.09. The van der Waals surface area contributed by atoms with Crippen molar-refractivity contribution < 1.29 is 4.74 Å². The fraction of sp³-hybridized carbons (Fsp3) is 0.438. The predicted molar refractivity (Wildman–Crippen MR) is 81.0 cm³/mol. The van der Waals surface area contributed by atoms with E-state index >= 15 is 0 Å². The number of benzene rings is 1. The Kier molecular flexibility index (Phi) is 4.79. The van der Waals surface area contributed by atoms with Gasteiger partial charge in [-0.15, -0.1) is 0 Å². The van der Waals surface area contributed by atoms with Gasteiger partial charge in [-0.05, 0) is 24.6 Å². The molecule has 0 saturated heterocycles. The van der Waals surface area contributed by atoms with Gasteiger partial charge in [0.25, 0.3) is 0 Å². The number of nitrogens with zero attached hydrogens (tertiary/aromatic N) is 2. The van der Waals surface area contributed by atoms with E-state index in [-0.39, 0.29) is 0 Å². The lowest BCUT2D eigenvalue weighted by molar-refractivity contribution is 0.414. The second kappa shape index (κ2) is 6.57. The van der Waals surface area contributed by atoms with E-state index in [4.69, 9.17) is 4.74 Å². The standard InChI is InChI=1S/C16H23N3O/c1-12(2)17-9-15-10-18-19(13(15)3)11-14-6-5-7-16(8-14)20-4/h5-8,10,12,17H,9,11H2,1-4H3. The van der Waals surface area contributed by atoms with Crippen molar-refractivity contribution >= 4 is 0 Å². The summed E-state index contributed by atoms with van der Waals surface area (Å²) in [6.07, 6.45) is 1.95. The molecule has 1 heterocycles. The fourth-order valence-corrected chi connectivity index (χ4v) is 2.08. The quantitative estimate of drug-likeness (QED) is 0.879. The van der Waals surface area contributed by atoms with Crippen molar-refractivity contribution in [3.05, 3.63) is 47.3 Å². The van der Waals surface area contributed by atoms with Gasteiger partial charge in [-0.25, -0.2) is 0 Å². The van der Waals surface area contributed by atoms with E-state index in [1.54, 1.807) is 7.11 Å². The second-order valence-electron chi connectivity index (χ2n) is 5.30. The third-order valence-corrected chi connectivity index (χ3v) is 3.37. The summed E-state index contributed by atoms with van der Waals surface area (Å²) in [6, 6.07) is 8.59. The van der Waals surface area contributed by atoms with Crippen LogP contribution in [0.25, 0.3) is 0 Å². The van der Waals surface area contributed by atoms with Gasteiger partial charge in [-0.2, -0.15) is 5.10 Å². The lowest BCUT2D eigenvalue weighted by Crippen LogP contribution is -2.22. The highest BCUT2D eigenvalue weighted by molar-refractivity contribution is 5.29. The van der Waals surface area contributed by atoms with Gasteiger partial charge in [0.2, 0.25) is 0 Å². The number of hydrogen-bond donors (Lipinski definition) is 1. The van der Waals surface area contributed by atoms with E-state index in [0.717, 1.165) is 18.8 Å². The van der Waals surface area contributed by atoms with Crippen LogP contribution < -0.4 is 10.1 Å². The maximum Gasteiger partial charge on any atom is 0.119 e. The first-order valence-corrected chi connectivity index (χ1v) is 6.97. The lowest BCUT2D eigenvalue weighted by atomic mass is 10.2. The lowest BCUT2D eigenvalue weighted by Gasteiger charge is -2.09. The summed E-state index contributed by atoms with van der Waals surface area (Å²) in [5, 5.41) is 7.91. The van der Waals surface area contributed by atoms with Crippen LogP contribution in [-0.4, -0.2) is 22.9 Å². The number of methoxy groups -OCH3 is 1. The summed E-state index contributed by atoms with van der Waals surface area (Å²) in [5.41, 5.74) is 3.65. The van der Waals surface area contributed by atoms with Gasteiger partial charge in [0, 0.05) is 23.8 Å². The summed E-state index contributed by atoms with van der Waals surface area (Å²) in [4.78, 5) is 0. The normalized spacial score (nSPS) is 11.1. The van der Waals surface area contributed by atoms with Crippen LogP contribution >= 0.6 is 0 Å². The molecule has 0 aliphatic heterocycles. The van der Waals surface area contributed by atoms with Gasteiger partial charge in [0.1, 0.15) is 5.75 Å². The molecule has 2 aromatic rings. The molecular formula is C16H23N3O. The van der Waals surface area contributed by atoms with Crippen LogP contribution in [0.15, 0.2) is 30.5 Å². The van der Waals surface area contributed by atoms with Gasteiger partial charge in [-0.1, -0.05) is 26.0 Å². The highest BCUT2D eigenvalue weighted by Gasteiger charge is 2.07. The summed E-state index contributed by atoms with van der Waals surface area (Å²) in [5.74, 6) is 0.883. The Morgan fingerprint density at radius 3 is 2.85 bits per heavy atom. The molecule has 0 saturated carbocycles. The molecule has 20 heavy (non-hydrogen) atoms. The molecule has 0 aliphatic rings. The van der Waals surface area contributed by atoms with Gasteiger partial charge in [-0.3, -0.25) is 4.68 Å². The molecular weight excluding hydrogens is 250 g/mol. The van der Waals surface area contributed by atoms with Crippen LogP contribution in [0.4, 0.5) is 0 Å². The van der Waals surface area contributed by atoms with Crippen LogP contribution in [0.5, 0.6) is 5.75 Å². The highest BCUT2D eigenvalue weighted by Crippen LogP contribution is 2.15. The van der Waals surface area contributed by atoms with Crippen LogP contribution in [0.2, 0.25) is 0 Å². The third-order valence-electron chi connectivity index (χ3n) is 3.37. The Morgan fingerprint density at radius 2 is 2.15 bits per heavy atom. The largest absolute Gasteiger partial charge is 0.497 e. The number of aromatic nitrogens is 2. The molecule has 4 nitrogen and oxygen atoms in total. The highest BCUT2D eigenvalue weighted by atomic mass is 16.5. The smallest absolute Gasteiger partial charge is 0.119 e. The zero-order valence-corrected chi connectivity index (χ0v) is 12.7. The third kappa shape index (κ3) is 3.61. The van der Waals surface area contributed by atoms with Crippen molar-refractivity contribution in [3.8, 4) is 5.75 Å². The molecule has 0 radical (unpaired) electrons. The molecule has 2 rings (SSSR count). The van der Waals surface area contributed by atoms with E-state index in [1.807, 2.05) is 29.1 Å². The van der Waals surface area contributed by atoms with E-state index in [9.17, 15) is 0 Å². The Hall–Kier alpha value is -1.81. The average Bonchev–Trinajstić information content (AvgIpc) is 2.78. The minimum Gasteiger partial charge on any atom is -0.497 e. The molecule has 0 spiro atoms. The van der Waals surface area contributed by atoms with Gasteiger partial charge in [0.05, 0.1) is 19.9 Å². The molecule has 0 aliphatic carbocycles. The molecule has 1 aromatic heterocycles. The molecule has 1 N–H and O–H groups in total. The maximum atomic E-state index is 5.25. The monoisotopic (exact) mass is 273 g/mol. The van der Waals surface area contributed by atoms with E-state index in [2.05, 4.69) is 37.3 Å². The van der Waals surface area contributed by atoms with Crippen LogP contribution in [-0.2, 0) is 13.1 Å². The van der Waals surface area contributed by atoms with Crippen LogP contribution in [0.1, 0.15) is 30.7 Å². The summed E-state index contributed by atoms with van der Waals surface area (Å²) in [6.45, 7) is 8.04. The first kappa shape index (κ1) is 14.6. The Bertz CT molecular complexity index is 561. The minimum absolute atomic E-state index is 0.483. The van der Waals surface area contributed by atoms with Crippen molar-refractivity contribution in [3.63, 3.8) is 0 Å². The zero-order chi connectivity index (χ0) is 14.5. The van der Waals surface area contributed by atoms with Crippen molar-refractivity contribution in [1.29, 1.82) is 0 Å². The first-order valence-electron chi connectivity index (χ1n) is 6.97. The summed E-state index contributed by atoms with van der Waals surface area (Å²) in [7, 11) is 1.69. The average molecular weight is 273 g/mol. The zero-order valence-electron chi connectivity index (χ0n) is 12.7. The number of hydrogen-bond acceptors (Lipinski definition) is 3. The van der Waals surface area contributed by atoms with E-state index in [1.165, 1.54) is 16.8 Å². The molecule has 0 bridgehead atoms. The molecule has 0 atom stereocenters. The molecule has 0 unspecified atom stereocenters. The van der Waals surface area contributed by atoms with Gasteiger partial charge < -0.3 is 10.1 Å². The molecule has 1 aromatic carbocycles. The number of nitrogens with one attached hydrogen (secondary N) is 1. The topological polar surface area (TPSA) is 39.1 Å². The molecule has 4 heteroatoms. The number of ether oxygens (including phenoxy) is 1. The first-order chi connectivity index (χ1) is 9.60. The van der Waals surface area contributed by atoms with Crippen molar-refractivity contribution in [1.82, 2.24) is 15.1 Å². The van der Waals surface area contributed by atoms with Gasteiger partial charge in [0.15, 0.2) is 0 Å². The predicted octanol–water partition coefficient (Wildman–Crippen LogP) is 2.75. The van der Waals surface area contributed by atoms with Crippen molar-refractivity contribution in [2.24, 2.45) is 0 Å². The number of rotatable bonds is 6. The maximum absolute atomic E-state index is 5.25. The van der Waals surface area contributed by atoms with E-state index < -0.39 is 0 Å².